The van der Waals surface area contributed by atoms with E-state index >= 15 is 0 Å². The fraction of sp³-hybridized carbons (Fsp3) is 0.941. The zero-order valence-corrected chi connectivity index (χ0v) is 12.7. The highest BCUT2D eigenvalue weighted by atomic mass is 16.3. The second kappa shape index (κ2) is 10.4. The molecule has 1 rings (SSSR count). The zero-order chi connectivity index (χ0) is 13.9. The van der Waals surface area contributed by atoms with Crippen LogP contribution in [0.4, 0.5) is 0 Å². The third kappa shape index (κ3) is 8.41. The Hall–Kier alpha value is -0.370. The van der Waals surface area contributed by atoms with Crippen LogP contribution in [0.2, 0.25) is 0 Å². The third-order valence-corrected chi connectivity index (χ3v) is 4.43. The van der Waals surface area contributed by atoms with E-state index in [1.807, 2.05) is 0 Å². The van der Waals surface area contributed by atoms with Gasteiger partial charge in [-0.25, -0.2) is 0 Å². The van der Waals surface area contributed by atoms with Crippen molar-refractivity contribution in [1.29, 1.82) is 0 Å². The number of hydrogen-bond acceptors (Lipinski definition) is 2. The number of aliphatic hydroxyl groups excluding tert-OH is 1. The Kier molecular flexibility index (Phi) is 9.15. The molecule has 0 amide bonds. The van der Waals surface area contributed by atoms with E-state index in [-0.39, 0.29) is 12.0 Å². The molecule has 19 heavy (non-hydrogen) atoms. The number of aliphatic hydroxyl groups is 1. The van der Waals surface area contributed by atoms with Crippen molar-refractivity contribution in [2.45, 2.75) is 90.1 Å². The molecule has 0 heterocycles. The van der Waals surface area contributed by atoms with E-state index in [0.717, 1.165) is 38.4 Å². The Labute approximate surface area is 119 Å². The minimum atomic E-state index is -0.160. The smallest absolute Gasteiger partial charge is 0.123 e. The van der Waals surface area contributed by atoms with Gasteiger partial charge in [-0.05, 0) is 31.6 Å². The Balaban J connectivity index is 2.39. The van der Waals surface area contributed by atoms with Crippen LogP contribution in [0, 0.1) is 11.8 Å². The fourth-order valence-electron chi connectivity index (χ4n) is 3.28. The largest absolute Gasteiger partial charge is 0.393 e. The van der Waals surface area contributed by atoms with Crippen molar-refractivity contribution in [3.05, 3.63) is 0 Å². The van der Waals surface area contributed by atoms with Crippen LogP contribution in [0.25, 0.3) is 0 Å². The lowest BCUT2D eigenvalue weighted by Gasteiger charge is -2.19. The standard InChI is InChI=1S/C17H32O2/c1-15-12-16(14-18)10-8-6-4-2-3-5-7-9-11-17(19)13-15/h14-17,19H,2-13H2,1H3/t15-,16?,17?/m1/s1. The first kappa shape index (κ1) is 16.7. The van der Waals surface area contributed by atoms with Crippen LogP contribution in [0.1, 0.15) is 84.0 Å². The van der Waals surface area contributed by atoms with Gasteiger partial charge in [-0.3, -0.25) is 0 Å². The van der Waals surface area contributed by atoms with Gasteiger partial charge in [-0.15, -0.1) is 0 Å². The molecule has 1 aliphatic rings. The lowest BCUT2D eigenvalue weighted by atomic mass is 9.88. The lowest BCUT2D eigenvalue weighted by molar-refractivity contribution is -0.111. The maximum absolute atomic E-state index is 11.1. The van der Waals surface area contributed by atoms with Gasteiger partial charge in [0.2, 0.25) is 0 Å². The zero-order valence-electron chi connectivity index (χ0n) is 12.7. The topological polar surface area (TPSA) is 37.3 Å². The fourth-order valence-corrected chi connectivity index (χ4v) is 3.28. The molecular formula is C17H32O2. The van der Waals surface area contributed by atoms with Crippen molar-refractivity contribution in [3.8, 4) is 0 Å². The van der Waals surface area contributed by atoms with Crippen molar-refractivity contribution in [1.82, 2.24) is 0 Å². The molecule has 0 aliphatic heterocycles. The van der Waals surface area contributed by atoms with Crippen molar-refractivity contribution < 1.29 is 9.90 Å². The quantitative estimate of drug-likeness (QED) is 0.711. The van der Waals surface area contributed by atoms with Gasteiger partial charge in [0.25, 0.3) is 0 Å². The molecule has 2 heteroatoms. The summed E-state index contributed by atoms with van der Waals surface area (Å²) in [4.78, 5) is 11.1. The molecule has 1 saturated carbocycles. The number of rotatable bonds is 1. The maximum atomic E-state index is 11.1. The molecule has 2 unspecified atom stereocenters. The molecule has 1 N–H and O–H groups in total. The first-order valence-electron chi connectivity index (χ1n) is 8.35. The molecule has 1 fully saturated rings. The minimum Gasteiger partial charge on any atom is -0.393 e. The van der Waals surface area contributed by atoms with Gasteiger partial charge in [-0.2, -0.15) is 0 Å². The van der Waals surface area contributed by atoms with Gasteiger partial charge in [-0.1, -0.05) is 58.3 Å². The van der Waals surface area contributed by atoms with E-state index in [4.69, 9.17) is 0 Å². The predicted octanol–water partition coefficient (Wildman–Crippen LogP) is 4.49. The summed E-state index contributed by atoms with van der Waals surface area (Å²) in [6.45, 7) is 2.18. The molecule has 0 aromatic rings. The van der Waals surface area contributed by atoms with Gasteiger partial charge < -0.3 is 9.90 Å². The molecular weight excluding hydrogens is 236 g/mol. The number of carbonyl (C=O) groups excluding carboxylic acids is 1. The Morgan fingerprint density at radius 3 is 1.95 bits per heavy atom. The molecule has 112 valence electrons. The molecule has 0 aromatic carbocycles. The van der Waals surface area contributed by atoms with Crippen LogP contribution in [0.5, 0.6) is 0 Å². The highest BCUT2D eigenvalue weighted by Crippen LogP contribution is 2.23. The summed E-state index contributed by atoms with van der Waals surface area (Å²) in [5, 5.41) is 10.0. The Morgan fingerprint density at radius 1 is 0.842 bits per heavy atom. The highest BCUT2D eigenvalue weighted by molar-refractivity contribution is 5.53. The molecule has 0 saturated heterocycles. The molecule has 0 bridgehead atoms. The van der Waals surface area contributed by atoms with Crippen LogP contribution in [0.15, 0.2) is 0 Å². The van der Waals surface area contributed by atoms with E-state index in [1.165, 1.54) is 44.9 Å². The van der Waals surface area contributed by atoms with Crippen LogP contribution >= 0.6 is 0 Å². The van der Waals surface area contributed by atoms with Gasteiger partial charge in [0.05, 0.1) is 6.10 Å². The SMILES string of the molecule is C[C@H]1CC(O)CCCCCCCCCCC(C=O)C1. The summed E-state index contributed by atoms with van der Waals surface area (Å²) in [6.07, 6.45) is 15.0. The summed E-state index contributed by atoms with van der Waals surface area (Å²) >= 11 is 0. The average molecular weight is 268 g/mol. The van der Waals surface area contributed by atoms with Crippen molar-refractivity contribution in [2.75, 3.05) is 0 Å². The Bertz CT molecular complexity index is 227. The van der Waals surface area contributed by atoms with E-state index < -0.39 is 0 Å². The van der Waals surface area contributed by atoms with Gasteiger partial charge in [0.1, 0.15) is 6.29 Å². The van der Waals surface area contributed by atoms with E-state index in [0.29, 0.717) is 5.92 Å². The molecule has 0 aromatic heterocycles. The maximum Gasteiger partial charge on any atom is 0.123 e. The van der Waals surface area contributed by atoms with Crippen molar-refractivity contribution in [3.63, 3.8) is 0 Å². The summed E-state index contributed by atoms with van der Waals surface area (Å²) in [6, 6.07) is 0. The third-order valence-electron chi connectivity index (χ3n) is 4.43. The van der Waals surface area contributed by atoms with E-state index in [9.17, 15) is 9.90 Å². The minimum absolute atomic E-state index is 0.160. The molecule has 0 radical (unpaired) electrons. The second-order valence-corrected chi connectivity index (χ2v) is 6.53. The second-order valence-electron chi connectivity index (χ2n) is 6.53. The van der Waals surface area contributed by atoms with Gasteiger partial charge >= 0.3 is 0 Å². The Morgan fingerprint density at radius 2 is 1.37 bits per heavy atom. The predicted molar refractivity (Wildman–Crippen MR) is 80.1 cm³/mol. The molecule has 1 aliphatic carbocycles. The van der Waals surface area contributed by atoms with Gasteiger partial charge in [0, 0.05) is 5.92 Å². The van der Waals surface area contributed by atoms with Crippen LogP contribution in [-0.4, -0.2) is 17.5 Å². The average Bonchev–Trinajstić information content (AvgIpc) is 2.38. The summed E-state index contributed by atoms with van der Waals surface area (Å²) < 4.78 is 0. The van der Waals surface area contributed by atoms with Crippen molar-refractivity contribution in [2.24, 2.45) is 11.8 Å². The summed E-state index contributed by atoms with van der Waals surface area (Å²) in [5.41, 5.74) is 0. The molecule has 2 nitrogen and oxygen atoms in total. The highest BCUT2D eigenvalue weighted by Gasteiger charge is 2.16. The van der Waals surface area contributed by atoms with Crippen LogP contribution < -0.4 is 0 Å². The summed E-state index contributed by atoms with van der Waals surface area (Å²) in [7, 11) is 0. The van der Waals surface area contributed by atoms with Crippen LogP contribution in [-0.2, 0) is 4.79 Å². The first-order valence-corrected chi connectivity index (χ1v) is 8.35. The van der Waals surface area contributed by atoms with Crippen molar-refractivity contribution >= 4 is 6.29 Å². The number of hydrogen-bond donors (Lipinski definition) is 1. The van der Waals surface area contributed by atoms with E-state index in [1.54, 1.807) is 0 Å². The lowest BCUT2D eigenvalue weighted by Crippen LogP contribution is -2.15. The molecule has 3 atom stereocenters. The normalized spacial score (nSPS) is 33.1. The molecule has 0 spiro atoms. The van der Waals surface area contributed by atoms with E-state index in [2.05, 4.69) is 6.92 Å². The first-order chi connectivity index (χ1) is 9.22. The number of aldehydes is 1. The monoisotopic (exact) mass is 268 g/mol. The van der Waals surface area contributed by atoms with Crippen LogP contribution in [0.3, 0.4) is 0 Å². The summed E-state index contributed by atoms with van der Waals surface area (Å²) in [5.74, 6) is 0.683. The number of carbonyl (C=O) groups is 1. The van der Waals surface area contributed by atoms with Gasteiger partial charge in [0.15, 0.2) is 0 Å².